The Bertz CT molecular complexity index is 649. The molecule has 7 heteroatoms. The van der Waals surface area contributed by atoms with Crippen molar-refractivity contribution in [2.45, 2.75) is 13.3 Å². The average molecular weight is 325 g/mol. The van der Waals surface area contributed by atoms with Crippen LogP contribution in [0.25, 0.3) is 0 Å². The minimum atomic E-state index is -0.396. The lowest BCUT2D eigenvalue weighted by atomic mass is 10.3. The number of nitrogens with one attached hydrogen (secondary N) is 2. The Morgan fingerprint density at radius 2 is 2.10 bits per heavy atom. The molecule has 21 heavy (non-hydrogen) atoms. The lowest BCUT2D eigenvalue weighted by molar-refractivity contribution is 0.102. The monoisotopic (exact) mass is 324 g/mol. The van der Waals surface area contributed by atoms with E-state index >= 15 is 0 Å². The van der Waals surface area contributed by atoms with Gasteiger partial charge in [0.1, 0.15) is 11.5 Å². The molecule has 1 aromatic heterocycles. The van der Waals surface area contributed by atoms with Crippen molar-refractivity contribution in [1.29, 1.82) is 0 Å². The van der Waals surface area contributed by atoms with E-state index in [1.54, 1.807) is 24.4 Å². The zero-order valence-electron chi connectivity index (χ0n) is 11.4. The molecule has 0 spiro atoms. The molecule has 0 bridgehead atoms. The molecule has 0 unspecified atom stereocenters. The fraction of sp³-hybridized carbons (Fsp3) is 0.214. The predicted molar refractivity (Wildman–Crippen MR) is 85.2 cm³/mol. The Balaban J connectivity index is 2.14. The van der Waals surface area contributed by atoms with Gasteiger partial charge in [-0.05, 0) is 24.6 Å². The third-order valence-corrected chi connectivity index (χ3v) is 3.16. The molecular formula is C14H14Cl2N4O. The fourth-order valence-electron chi connectivity index (χ4n) is 1.59. The molecule has 1 aromatic carbocycles. The van der Waals surface area contributed by atoms with Crippen molar-refractivity contribution in [2.75, 3.05) is 17.2 Å². The maximum Gasteiger partial charge on any atom is 0.275 e. The zero-order chi connectivity index (χ0) is 15.2. The lowest BCUT2D eigenvalue weighted by Gasteiger charge is -2.08. The van der Waals surface area contributed by atoms with Crippen LogP contribution >= 0.6 is 23.2 Å². The molecule has 0 saturated heterocycles. The maximum absolute atomic E-state index is 12.2. The molecule has 0 aliphatic heterocycles. The van der Waals surface area contributed by atoms with Crippen LogP contribution in [0.2, 0.25) is 10.0 Å². The quantitative estimate of drug-likeness (QED) is 0.876. The first-order valence-electron chi connectivity index (χ1n) is 6.42. The van der Waals surface area contributed by atoms with Gasteiger partial charge in [-0.3, -0.25) is 9.78 Å². The normalized spacial score (nSPS) is 10.2. The number of nitrogens with zero attached hydrogens (tertiary/aromatic N) is 2. The summed E-state index contributed by atoms with van der Waals surface area (Å²) in [6, 6.07) is 4.84. The van der Waals surface area contributed by atoms with Crippen molar-refractivity contribution in [2.24, 2.45) is 0 Å². The van der Waals surface area contributed by atoms with Gasteiger partial charge in [0.2, 0.25) is 0 Å². The van der Waals surface area contributed by atoms with E-state index in [-0.39, 0.29) is 5.69 Å². The summed E-state index contributed by atoms with van der Waals surface area (Å²) in [5, 5.41) is 6.63. The van der Waals surface area contributed by atoms with Gasteiger partial charge in [-0.1, -0.05) is 30.1 Å². The van der Waals surface area contributed by atoms with Crippen LogP contribution < -0.4 is 10.6 Å². The highest BCUT2D eigenvalue weighted by Crippen LogP contribution is 2.25. The van der Waals surface area contributed by atoms with Crippen molar-refractivity contribution in [3.05, 3.63) is 46.3 Å². The van der Waals surface area contributed by atoms with Crippen LogP contribution in [-0.2, 0) is 0 Å². The Morgan fingerprint density at radius 1 is 1.29 bits per heavy atom. The van der Waals surface area contributed by atoms with Crippen molar-refractivity contribution >= 4 is 40.6 Å². The fourth-order valence-corrected chi connectivity index (χ4v) is 1.93. The van der Waals surface area contributed by atoms with E-state index in [1.165, 1.54) is 6.20 Å². The summed E-state index contributed by atoms with van der Waals surface area (Å²) >= 11 is 11.9. The number of hydrogen-bond donors (Lipinski definition) is 2. The first-order valence-corrected chi connectivity index (χ1v) is 7.18. The molecule has 1 amide bonds. The molecule has 2 aromatic rings. The van der Waals surface area contributed by atoms with Gasteiger partial charge < -0.3 is 10.6 Å². The topological polar surface area (TPSA) is 66.9 Å². The van der Waals surface area contributed by atoms with E-state index in [2.05, 4.69) is 20.6 Å². The largest absolute Gasteiger partial charge is 0.369 e. The average Bonchev–Trinajstić information content (AvgIpc) is 2.49. The first kappa shape index (κ1) is 15.5. The maximum atomic E-state index is 12.2. The number of carbonyl (C=O) groups is 1. The van der Waals surface area contributed by atoms with Gasteiger partial charge in [-0.2, -0.15) is 0 Å². The summed E-state index contributed by atoms with van der Waals surface area (Å²) in [4.78, 5) is 20.4. The van der Waals surface area contributed by atoms with E-state index < -0.39 is 5.91 Å². The van der Waals surface area contributed by atoms with Crippen molar-refractivity contribution < 1.29 is 4.79 Å². The summed E-state index contributed by atoms with van der Waals surface area (Å²) in [5.74, 6) is 0.161. The molecule has 0 saturated carbocycles. The highest BCUT2D eigenvalue weighted by Gasteiger charge is 2.11. The van der Waals surface area contributed by atoms with Gasteiger partial charge in [-0.25, -0.2) is 4.98 Å². The Hall–Kier alpha value is -1.85. The zero-order valence-corrected chi connectivity index (χ0v) is 12.9. The molecule has 1 heterocycles. The number of halogens is 2. The van der Waals surface area contributed by atoms with Crippen molar-refractivity contribution in [1.82, 2.24) is 9.97 Å². The summed E-state index contributed by atoms with van der Waals surface area (Å²) in [6.45, 7) is 2.80. The van der Waals surface area contributed by atoms with Gasteiger partial charge in [0.05, 0.1) is 23.1 Å². The van der Waals surface area contributed by atoms with Crippen LogP contribution in [0.4, 0.5) is 11.5 Å². The number of amides is 1. The van der Waals surface area contributed by atoms with Crippen molar-refractivity contribution in [3.8, 4) is 0 Å². The number of benzene rings is 1. The highest BCUT2D eigenvalue weighted by atomic mass is 35.5. The van der Waals surface area contributed by atoms with Crippen LogP contribution in [-0.4, -0.2) is 22.4 Å². The molecule has 110 valence electrons. The minimum absolute atomic E-state index is 0.201. The molecule has 0 fully saturated rings. The van der Waals surface area contributed by atoms with E-state index in [0.717, 1.165) is 13.0 Å². The Morgan fingerprint density at radius 3 is 2.86 bits per heavy atom. The number of hydrogen-bond acceptors (Lipinski definition) is 4. The predicted octanol–water partition coefficient (Wildman–Crippen LogP) is 3.86. The molecule has 2 N–H and O–H groups in total. The van der Waals surface area contributed by atoms with Gasteiger partial charge in [0.25, 0.3) is 5.91 Å². The second-order valence-corrected chi connectivity index (χ2v) is 5.14. The molecule has 0 radical (unpaired) electrons. The van der Waals surface area contributed by atoms with Crippen molar-refractivity contribution in [3.63, 3.8) is 0 Å². The minimum Gasteiger partial charge on any atom is -0.369 e. The molecule has 0 aliphatic carbocycles. The first-order chi connectivity index (χ1) is 10.1. The van der Waals surface area contributed by atoms with Gasteiger partial charge >= 0.3 is 0 Å². The number of carbonyl (C=O) groups excluding carboxylic acids is 1. The van der Waals surface area contributed by atoms with Crippen LogP contribution in [0, 0.1) is 0 Å². The summed E-state index contributed by atoms with van der Waals surface area (Å²) in [6.07, 6.45) is 3.92. The number of aromatic nitrogens is 2. The van der Waals surface area contributed by atoms with Crippen LogP contribution in [0.5, 0.6) is 0 Å². The summed E-state index contributed by atoms with van der Waals surface area (Å²) in [5.41, 5.74) is 0.634. The molecular weight excluding hydrogens is 311 g/mol. The molecule has 0 aliphatic rings. The van der Waals surface area contributed by atoms with Crippen LogP contribution in [0.3, 0.4) is 0 Å². The van der Waals surface area contributed by atoms with Gasteiger partial charge in [0.15, 0.2) is 0 Å². The summed E-state index contributed by atoms with van der Waals surface area (Å²) < 4.78 is 0. The second-order valence-electron chi connectivity index (χ2n) is 4.29. The standard InChI is InChI=1S/C14H14Cl2N4O/c1-2-5-18-13-8-17-7-12(19-13)14(21)20-11-6-9(15)3-4-10(11)16/h3-4,6-8H,2,5H2,1H3,(H,18,19)(H,20,21). The van der Waals surface area contributed by atoms with Crippen LogP contribution in [0.15, 0.2) is 30.6 Å². The third-order valence-electron chi connectivity index (χ3n) is 2.60. The van der Waals surface area contributed by atoms with E-state index in [0.29, 0.717) is 21.6 Å². The summed E-state index contributed by atoms with van der Waals surface area (Å²) in [7, 11) is 0. The highest BCUT2D eigenvalue weighted by molar-refractivity contribution is 6.35. The van der Waals surface area contributed by atoms with Gasteiger partial charge in [-0.15, -0.1) is 0 Å². The Kier molecular flexibility index (Phi) is 5.36. The van der Waals surface area contributed by atoms with Gasteiger partial charge in [0, 0.05) is 11.6 Å². The molecule has 2 rings (SSSR count). The second kappa shape index (κ2) is 7.24. The lowest BCUT2D eigenvalue weighted by Crippen LogP contribution is -2.15. The third kappa shape index (κ3) is 4.31. The SMILES string of the molecule is CCCNc1cncc(C(=O)Nc2cc(Cl)ccc2Cl)n1. The van der Waals surface area contributed by atoms with E-state index in [9.17, 15) is 4.79 Å². The smallest absolute Gasteiger partial charge is 0.275 e. The van der Waals surface area contributed by atoms with E-state index in [1.807, 2.05) is 6.92 Å². The van der Waals surface area contributed by atoms with E-state index in [4.69, 9.17) is 23.2 Å². The molecule has 0 atom stereocenters. The van der Waals surface area contributed by atoms with Crippen LogP contribution in [0.1, 0.15) is 23.8 Å². The number of rotatable bonds is 5. The number of anilines is 2. The molecule has 5 nitrogen and oxygen atoms in total. The Labute approximate surface area is 132 Å².